The topological polar surface area (TPSA) is 125 Å². The number of nitrogens with zero attached hydrogens (tertiary/aromatic N) is 2. The molecule has 1 heterocycles. The first kappa shape index (κ1) is 28.8. The van der Waals surface area contributed by atoms with Crippen LogP contribution in [0.5, 0.6) is 0 Å². The number of carbonyl (C=O) groups excluding carboxylic acids is 3. The van der Waals surface area contributed by atoms with Gasteiger partial charge < -0.3 is 20.3 Å². The number of hydrogen-bond donors (Lipinski definition) is 2. The van der Waals surface area contributed by atoms with Crippen LogP contribution < -0.4 is 14.9 Å². The minimum atomic E-state index is -3.85. The lowest BCUT2D eigenvalue weighted by molar-refractivity contribution is -0.114. The maximum absolute atomic E-state index is 13.0. The van der Waals surface area contributed by atoms with Crippen molar-refractivity contribution in [3.63, 3.8) is 0 Å². The van der Waals surface area contributed by atoms with Crippen molar-refractivity contribution in [1.29, 1.82) is 0 Å². The molecule has 11 heteroatoms. The van der Waals surface area contributed by atoms with Gasteiger partial charge in [0.05, 0.1) is 42.4 Å². The van der Waals surface area contributed by atoms with E-state index in [1.807, 2.05) is 37.3 Å². The number of para-hydroxylation sites is 1. The third kappa shape index (κ3) is 7.25. The van der Waals surface area contributed by atoms with Gasteiger partial charge in [-0.1, -0.05) is 42.5 Å². The molecule has 3 amide bonds. The number of anilines is 2. The summed E-state index contributed by atoms with van der Waals surface area (Å²) in [5, 5.41) is 5.59. The second-order valence-corrected chi connectivity index (χ2v) is 11.3. The Bertz CT molecular complexity index is 1460. The number of carbonyl (C=O) groups is 3. The maximum atomic E-state index is 13.0. The van der Waals surface area contributed by atoms with Gasteiger partial charge in [-0.2, -0.15) is 0 Å². The smallest absolute Gasteiger partial charge is 0.254 e. The molecule has 2 N–H and O–H groups in total. The molecule has 0 radical (unpaired) electrons. The van der Waals surface area contributed by atoms with Crippen molar-refractivity contribution in [3.05, 3.63) is 95.6 Å². The molecule has 1 fully saturated rings. The summed E-state index contributed by atoms with van der Waals surface area (Å²) in [6.07, 6.45) is 0.999. The molecule has 0 aromatic heterocycles. The van der Waals surface area contributed by atoms with E-state index in [9.17, 15) is 22.8 Å². The van der Waals surface area contributed by atoms with Crippen molar-refractivity contribution in [2.75, 3.05) is 48.7 Å². The predicted octanol–water partition coefficient (Wildman–Crippen LogP) is 3.05. The Kier molecular flexibility index (Phi) is 9.18. The molecule has 1 aliphatic heterocycles. The number of sulfonamides is 1. The Morgan fingerprint density at radius 1 is 0.925 bits per heavy atom. The van der Waals surface area contributed by atoms with Gasteiger partial charge in [0.2, 0.25) is 15.9 Å². The van der Waals surface area contributed by atoms with E-state index in [1.165, 1.54) is 24.3 Å². The molecule has 210 valence electrons. The van der Waals surface area contributed by atoms with Crippen LogP contribution in [0, 0.1) is 0 Å². The van der Waals surface area contributed by atoms with E-state index in [1.54, 1.807) is 29.2 Å². The van der Waals surface area contributed by atoms with Gasteiger partial charge in [0.25, 0.3) is 11.8 Å². The minimum absolute atomic E-state index is 0.171. The SMILES string of the molecule is CC(NC(=O)c1ccccc1NC(=O)CN(c1ccc(C(=O)N2CCOCC2)cc1)S(C)(=O)=O)c1ccccc1. The van der Waals surface area contributed by atoms with E-state index in [2.05, 4.69) is 10.6 Å². The fraction of sp³-hybridized carbons (Fsp3) is 0.276. The molecule has 10 nitrogen and oxygen atoms in total. The summed E-state index contributed by atoms with van der Waals surface area (Å²) in [4.78, 5) is 40.5. The summed E-state index contributed by atoms with van der Waals surface area (Å²) in [6, 6.07) is 21.8. The van der Waals surface area contributed by atoms with Crippen LogP contribution >= 0.6 is 0 Å². The first-order valence-corrected chi connectivity index (χ1v) is 14.7. The number of amides is 3. The Labute approximate surface area is 234 Å². The molecule has 1 saturated heterocycles. The number of ether oxygens (including phenoxy) is 1. The third-order valence-electron chi connectivity index (χ3n) is 6.48. The first-order valence-electron chi connectivity index (χ1n) is 12.8. The van der Waals surface area contributed by atoms with Crippen LogP contribution in [0.15, 0.2) is 78.9 Å². The van der Waals surface area contributed by atoms with Crippen molar-refractivity contribution in [2.24, 2.45) is 0 Å². The number of benzene rings is 3. The van der Waals surface area contributed by atoms with E-state index < -0.39 is 22.5 Å². The highest BCUT2D eigenvalue weighted by Gasteiger charge is 2.24. The van der Waals surface area contributed by atoms with Gasteiger partial charge in [-0.25, -0.2) is 8.42 Å². The van der Waals surface area contributed by atoms with Crippen LogP contribution in [0.3, 0.4) is 0 Å². The third-order valence-corrected chi connectivity index (χ3v) is 7.62. The monoisotopic (exact) mass is 564 g/mol. The quantitative estimate of drug-likeness (QED) is 0.412. The van der Waals surface area contributed by atoms with Crippen LogP contribution in [-0.2, 0) is 19.6 Å². The Morgan fingerprint density at radius 3 is 2.20 bits per heavy atom. The number of morpholine rings is 1. The van der Waals surface area contributed by atoms with Crippen molar-refractivity contribution in [1.82, 2.24) is 10.2 Å². The Balaban J connectivity index is 1.46. The second-order valence-electron chi connectivity index (χ2n) is 9.42. The van der Waals surface area contributed by atoms with E-state index in [-0.39, 0.29) is 34.8 Å². The molecule has 4 rings (SSSR count). The highest BCUT2D eigenvalue weighted by molar-refractivity contribution is 7.92. The minimum Gasteiger partial charge on any atom is -0.378 e. The molecule has 0 saturated carbocycles. The summed E-state index contributed by atoms with van der Waals surface area (Å²) in [5.74, 6) is -1.18. The summed E-state index contributed by atoms with van der Waals surface area (Å²) < 4.78 is 31.5. The van der Waals surface area contributed by atoms with E-state index >= 15 is 0 Å². The van der Waals surface area contributed by atoms with Crippen molar-refractivity contribution in [3.8, 4) is 0 Å². The van der Waals surface area contributed by atoms with Gasteiger partial charge in [0.1, 0.15) is 6.54 Å². The number of rotatable bonds is 9. The van der Waals surface area contributed by atoms with Gasteiger partial charge >= 0.3 is 0 Å². The second kappa shape index (κ2) is 12.8. The number of hydrogen-bond acceptors (Lipinski definition) is 6. The van der Waals surface area contributed by atoms with Crippen LogP contribution in [0.25, 0.3) is 0 Å². The highest BCUT2D eigenvalue weighted by atomic mass is 32.2. The fourth-order valence-electron chi connectivity index (χ4n) is 4.33. The maximum Gasteiger partial charge on any atom is 0.254 e. The summed E-state index contributed by atoms with van der Waals surface area (Å²) in [5.41, 5.74) is 2.08. The van der Waals surface area contributed by atoms with Crippen molar-refractivity contribution >= 4 is 39.1 Å². The average molecular weight is 565 g/mol. The van der Waals surface area contributed by atoms with Crippen LogP contribution in [0.2, 0.25) is 0 Å². The van der Waals surface area contributed by atoms with E-state index in [4.69, 9.17) is 4.74 Å². The molecule has 3 aromatic carbocycles. The predicted molar refractivity (Wildman–Crippen MR) is 153 cm³/mol. The largest absolute Gasteiger partial charge is 0.378 e. The Hall–Kier alpha value is -4.22. The summed E-state index contributed by atoms with van der Waals surface area (Å²) >= 11 is 0. The first-order chi connectivity index (χ1) is 19.1. The van der Waals surface area contributed by atoms with Gasteiger partial charge in [-0.3, -0.25) is 18.7 Å². The van der Waals surface area contributed by atoms with E-state index in [0.717, 1.165) is 16.1 Å². The van der Waals surface area contributed by atoms with Gasteiger partial charge in [0.15, 0.2) is 0 Å². The van der Waals surface area contributed by atoms with Crippen LogP contribution in [-0.4, -0.2) is 70.1 Å². The zero-order valence-corrected chi connectivity index (χ0v) is 23.2. The molecule has 0 aliphatic carbocycles. The lowest BCUT2D eigenvalue weighted by Crippen LogP contribution is -2.40. The van der Waals surface area contributed by atoms with Gasteiger partial charge in [-0.15, -0.1) is 0 Å². The van der Waals surface area contributed by atoms with Gasteiger partial charge in [-0.05, 0) is 48.9 Å². The average Bonchev–Trinajstić information content (AvgIpc) is 2.96. The molecule has 1 aliphatic rings. The molecule has 40 heavy (non-hydrogen) atoms. The molecular formula is C29H32N4O6S. The van der Waals surface area contributed by atoms with Crippen molar-refractivity contribution < 1.29 is 27.5 Å². The molecule has 1 atom stereocenters. The van der Waals surface area contributed by atoms with Crippen LogP contribution in [0.4, 0.5) is 11.4 Å². The molecule has 0 bridgehead atoms. The highest BCUT2D eigenvalue weighted by Crippen LogP contribution is 2.21. The van der Waals surface area contributed by atoms with Crippen LogP contribution in [0.1, 0.15) is 39.2 Å². The molecule has 3 aromatic rings. The Morgan fingerprint density at radius 2 is 1.55 bits per heavy atom. The summed E-state index contributed by atoms with van der Waals surface area (Å²) in [6.45, 7) is 3.25. The standard InChI is InChI=1S/C29H32N4O6S/c1-21(22-8-4-3-5-9-22)30-28(35)25-10-6-7-11-26(25)31-27(34)20-33(40(2,37)38)24-14-12-23(13-15-24)29(36)32-16-18-39-19-17-32/h3-15,21H,16-20H2,1-2H3,(H,30,35)(H,31,34). The lowest BCUT2D eigenvalue weighted by Gasteiger charge is -2.27. The lowest BCUT2D eigenvalue weighted by atomic mass is 10.1. The molecule has 1 unspecified atom stereocenters. The zero-order chi connectivity index (χ0) is 28.7. The van der Waals surface area contributed by atoms with E-state index in [0.29, 0.717) is 31.9 Å². The number of nitrogens with one attached hydrogen (secondary N) is 2. The zero-order valence-electron chi connectivity index (χ0n) is 22.4. The van der Waals surface area contributed by atoms with Gasteiger partial charge in [0, 0.05) is 18.7 Å². The molecular weight excluding hydrogens is 532 g/mol. The normalized spacial score (nSPS) is 14.2. The summed E-state index contributed by atoms with van der Waals surface area (Å²) in [7, 11) is -3.85. The fourth-order valence-corrected chi connectivity index (χ4v) is 5.19. The van der Waals surface area contributed by atoms with Crippen molar-refractivity contribution in [2.45, 2.75) is 13.0 Å². The molecule has 0 spiro atoms.